The van der Waals surface area contributed by atoms with Crippen molar-refractivity contribution in [1.82, 2.24) is 0 Å². The summed E-state index contributed by atoms with van der Waals surface area (Å²) >= 11 is 0. The fourth-order valence-corrected chi connectivity index (χ4v) is 2.68. The zero-order valence-electron chi connectivity index (χ0n) is 12.5. The highest BCUT2D eigenvalue weighted by Crippen LogP contribution is 2.38. The molecule has 98 valence electrons. The van der Waals surface area contributed by atoms with Crippen LogP contribution in [0.4, 0.5) is 0 Å². The molecule has 0 N–H and O–H groups in total. The Morgan fingerprint density at radius 1 is 1.29 bits per heavy atom. The topological polar surface area (TPSA) is 9.23 Å². The average Bonchev–Trinajstić information content (AvgIpc) is 2.16. The lowest BCUT2D eigenvalue weighted by Crippen LogP contribution is -2.40. The largest absolute Gasteiger partial charge is 0.544 e. The molecular weight excluding hydrogens is 224 g/mol. The molecule has 0 aromatic heterocycles. The summed E-state index contributed by atoms with van der Waals surface area (Å²) in [6.07, 6.45) is 7.88. The van der Waals surface area contributed by atoms with Gasteiger partial charge in [0.25, 0.3) is 0 Å². The molecule has 0 saturated carbocycles. The first-order chi connectivity index (χ1) is 7.63. The zero-order chi connectivity index (χ0) is 13.3. The summed E-state index contributed by atoms with van der Waals surface area (Å²) in [5.41, 5.74) is 0. The van der Waals surface area contributed by atoms with Crippen molar-refractivity contribution in [1.29, 1.82) is 0 Å². The van der Waals surface area contributed by atoms with Crippen molar-refractivity contribution in [2.45, 2.75) is 59.2 Å². The van der Waals surface area contributed by atoms with E-state index >= 15 is 0 Å². The SMILES string of the molecule is CC(C)[C@H]1C=CC(O[Si](C)(C)C(C)(C)C)=CC1. The summed E-state index contributed by atoms with van der Waals surface area (Å²) in [5, 5.41) is 0.274. The van der Waals surface area contributed by atoms with Crippen LogP contribution in [0.2, 0.25) is 18.1 Å². The first-order valence-corrected chi connectivity index (χ1v) is 9.62. The first kappa shape index (κ1) is 14.6. The fraction of sp³-hybridized carbons (Fsp3) is 0.733. The Bertz CT molecular complexity index is 318. The van der Waals surface area contributed by atoms with Gasteiger partial charge >= 0.3 is 0 Å². The summed E-state index contributed by atoms with van der Waals surface area (Å²) < 4.78 is 6.28. The Hall–Kier alpha value is -0.503. The Morgan fingerprint density at radius 2 is 1.88 bits per heavy atom. The molecule has 0 radical (unpaired) electrons. The molecule has 0 spiro atoms. The smallest absolute Gasteiger partial charge is 0.250 e. The third-order valence-corrected chi connectivity index (χ3v) is 8.49. The van der Waals surface area contributed by atoms with Crippen LogP contribution in [0.1, 0.15) is 41.0 Å². The van der Waals surface area contributed by atoms with Crippen LogP contribution in [0, 0.1) is 11.8 Å². The Balaban J connectivity index is 2.65. The molecule has 1 rings (SSSR count). The molecule has 2 heteroatoms. The van der Waals surface area contributed by atoms with Gasteiger partial charge in [-0.3, -0.25) is 0 Å². The van der Waals surface area contributed by atoms with Gasteiger partial charge in [0.2, 0.25) is 8.32 Å². The highest BCUT2D eigenvalue weighted by atomic mass is 28.4. The number of rotatable bonds is 3. The van der Waals surface area contributed by atoms with Gasteiger partial charge in [-0.25, -0.2) is 0 Å². The number of hydrogen-bond acceptors (Lipinski definition) is 1. The van der Waals surface area contributed by atoms with E-state index in [0.717, 1.165) is 18.1 Å². The molecule has 0 aromatic rings. The van der Waals surface area contributed by atoms with Gasteiger partial charge < -0.3 is 4.43 Å². The van der Waals surface area contributed by atoms with Crippen molar-refractivity contribution in [3.8, 4) is 0 Å². The Morgan fingerprint density at radius 3 is 2.24 bits per heavy atom. The molecule has 0 amide bonds. The summed E-state index contributed by atoms with van der Waals surface area (Å²) in [4.78, 5) is 0. The van der Waals surface area contributed by atoms with E-state index in [-0.39, 0.29) is 5.04 Å². The van der Waals surface area contributed by atoms with E-state index in [9.17, 15) is 0 Å². The van der Waals surface area contributed by atoms with Crippen molar-refractivity contribution in [2.75, 3.05) is 0 Å². The predicted molar refractivity (Wildman–Crippen MR) is 78.5 cm³/mol. The highest BCUT2D eigenvalue weighted by molar-refractivity contribution is 6.74. The maximum absolute atomic E-state index is 6.28. The van der Waals surface area contributed by atoms with E-state index in [0.29, 0.717) is 5.92 Å². The molecule has 1 nitrogen and oxygen atoms in total. The maximum atomic E-state index is 6.28. The van der Waals surface area contributed by atoms with Crippen molar-refractivity contribution in [3.05, 3.63) is 24.0 Å². The molecular formula is C15H28OSi. The molecule has 0 aromatic carbocycles. The van der Waals surface area contributed by atoms with E-state index in [4.69, 9.17) is 4.43 Å². The molecule has 0 unspecified atom stereocenters. The van der Waals surface area contributed by atoms with Crippen molar-refractivity contribution in [2.24, 2.45) is 11.8 Å². The molecule has 0 saturated heterocycles. The molecule has 0 fully saturated rings. The van der Waals surface area contributed by atoms with E-state index in [1.165, 1.54) is 0 Å². The Labute approximate surface area is 108 Å². The molecule has 1 aliphatic carbocycles. The quantitative estimate of drug-likeness (QED) is 0.633. The van der Waals surface area contributed by atoms with Gasteiger partial charge in [-0.2, -0.15) is 0 Å². The molecule has 1 aliphatic rings. The lowest BCUT2D eigenvalue weighted by molar-refractivity contribution is 0.383. The van der Waals surface area contributed by atoms with Crippen LogP contribution in [0.5, 0.6) is 0 Å². The van der Waals surface area contributed by atoms with Gasteiger partial charge in [0, 0.05) is 0 Å². The van der Waals surface area contributed by atoms with Gasteiger partial charge in [-0.05, 0) is 48.5 Å². The zero-order valence-corrected chi connectivity index (χ0v) is 13.5. The third-order valence-electron chi connectivity index (χ3n) is 4.13. The standard InChI is InChI=1S/C15H28OSi/c1-12(2)13-8-10-14(11-9-13)16-17(6,7)15(3,4)5/h8,10-13H,9H2,1-7H3/t13-/m0/s1. The van der Waals surface area contributed by atoms with Gasteiger partial charge in [0.1, 0.15) is 0 Å². The number of hydrogen-bond donors (Lipinski definition) is 0. The van der Waals surface area contributed by atoms with Crippen LogP contribution in [-0.4, -0.2) is 8.32 Å². The van der Waals surface area contributed by atoms with E-state index < -0.39 is 8.32 Å². The van der Waals surface area contributed by atoms with Crippen LogP contribution in [0.3, 0.4) is 0 Å². The Kier molecular flexibility index (Phi) is 4.29. The maximum Gasteiger partial charge on any atom is 0.250 e. The molecule has 0 heterocycles. The van der Waals surface area contributed by atoms with Gasteiger partial charge in [-0.1, -0.05) is 40.7 Å². The number of allylic oxidation sites excluding steroid dienone is 3. The fourth-order valence-electron chi connectivity index (χ4n) is 1.64. The van der Waals surface area contributed by atoms with Crippen LogP contribution in [0.25, 0.3) is 0 Å². The van der Waals surface area contributed by atoms with Crippen molar-refractivity contribution in [3.63, 3.8) is 0 Å². The lowest BCUT2D eigenvalue weighted by Gasteiger charge is -2.37. The molecule has 17 heavy (non-hydrogen) atoms. The predicted octanol–water partition coefficient (Wildman–Crippen LogP) is 5.12. The minimum Gasteiger partial charge on any atom is -0.544 e. The van der Waals surface area contributed by atoms with Crippen molar-refractivity contribution >= 4 is 8.32 Å². The first-order valence-electron chi connectivity index (χ1n) is 6.71. The average molecular weight is 252 g/mol. The van der Waals surface area contributed by atoms with E-state index in [2.05, 4.69) is 65.9 Å². The molecule has 1 atom stereocenters. The van der Waals surface area contributed by atoms with Crippen LogP contribution in [-0.2, 0) is 4.43 Å². The van der Waals surface area contributed by atoms with E-state index in [1.54, 1.807) is 0 Å². The van der Waals surface area contributed by atoms with Crippen LogP contribution in [0.15, 0.2) is 24.0 Å². The molecule has 0 bridgehead atoms. The normalized spacial score (nSPS) is 21.6. The third kappa shape index (κ3) is 3.73. The monoisotopic (exact) mass is 252 g/mol. The highest BCUT2D eigenvalue weighted by Gasteiger charge is 2.39. The van der Waals surface area contributed by atoms with Crippen LogP contribution < -0.4 is 0 Å². The van der Waals surface area contributed by atoms with Gasteiger partial charge in [-0.15, -0.1) is 0 Å². The second-order valence-electron chi connectivity index (χ2n) is 6.97. The van der Waals surface area contributed by atoms with Gasteiger partial charge in [0.05, 0.1) is 5.76 Å². The summed E-state index contributed by atoms with van der Waals surface area (Å²) in [5.74, 6) is 2.49. The summed E-state index contributed by atoms with van der Waals surface area (Å²) in [6, 6.07) is 0. The van der Waals surface area contributed by atoms with Crippen LogP contribution >= 0.6 is 0 Å². The van der Waals surface area contributed by atoms with Crippen molar-refractivity contribution < 1.29 is 4.43 Å². The summed E-state index contributed by atoms with van der Waals surface area (Å²) in [7, 11) is -1.66. The second kappa shape index (κ2) is 5.01. The minimum absolute atomic E-state index is 0.274. The van der Waals surface area contributed by atoms with Gasteiger partial charge in [0.15, 0.2) is 0 Å². The lowest BCUT2D eigenvalue weighted by atomic mass is 9.89. The molecule has 0 aliphatic heterocycles. The van der Waals surface area contributed by atoms with E-state index in [1.807, 2.05) is 0 Å². The summed E-state index contributed by atoms with van der Waals surface area (Å²) in [6.45, 7) is 16.0. The minimum atomic E-state index is -1.66. The second-order valence-corrected chi connectivity index (χ2v) is 11.7.